The number of nitrogens with zero attached hydrogens (tertiary/aromatic N) is 7. The summed E-state index contributed by atoms with van der Waals surface area (Å²) < 4.78 is 34.5. The van der Waals surface area contributed by atoms with E-state index in [0.717, 1.165) is 12.3 Å². The number of pyridine rings is 1. The van der Waals surface area contributed by atoms with E-state index in [2.05, 4.69) is 20.3 Å². The molecule has 1 aliphatic heterocycles. The van der Waals surface area contributed by atoms with Gasteiger partial charge in [0.15, 0.2) is 6.23 Å². The van der Waals surface area contributed by atoms with Gasteiger partial charge in [-0.25, -0.2) is 8.78 Å². The van der Waals surface area contributed by atoms with Gasteiger partial charge < -0.3 is 4.74 Å². The molecular formula is C22H17F2N7O2. The Morgan fingerprint density at radius 3 is 2.67 bits per heavy atom. The van der Waals surface area contributed by atoms with E-state index in [1.54, 1.807) is 23.0 Å². The number of carbonyl (C=O) groups is 1. The Morgan fingerprint density at radius 2 is 1.88 bits per heavy atom. The van der Waals surface area contributed by atoms with Gasteiger partial charge in [0.05, 0.1) is 48.3 Å². The summed E-state index contributed by atoms with van der Waals surface area (Å²) >= 11 is 0. The molecule has 0 bridgehead atoms. The third kappa shape index (κ3) is 4.20. The molecule has 0 N–H and O–H groups in total. The molecule has 0 saturated carbocycles. The SMILES string of the molecule is O=C(c1cc(F)ccc1-n1nccn1)N1CC=COC1Cn1ccc(-c2ccc(F)cn2)n1. The molecule has 1 amide bonds. The molecule has 1 unspecified atom stereocenters. The van der Waals surface area contributed by atoms with Crippen LogP contribution < -0.4 is 0 Å². The van der Waals surface area contributed by atoms with Crippen molar-refractivity contribution in [2.24, 2.45) is 0 Å². The van der Waals surface area contributed by atoms with Crippen molar-refractivity contribution in [1.82, 2.24) is 34.7 Å². The van der Waals surface area contributed by atoms with Crippen molar-refractivity contribution in [2.75, 3.05) is 6.54 Å². The summed E-state index contributed by atoms with van der Waals surface area (Å²) in [5.74, 6) is -1.43. The normalized spacial score (nSPS) is 15.5. The molecule has 1 atom stereocenters. The lowest BCUT2D eigenvalue weighted by Crippen LogP contribution is -2.46. The van der Waals surface area contributed by atoms with E-state index in [9.17, 15) is 13.6 Å². The van der Waals surface area contributed by atoms with Gasteiger partial charge >= 0.3 is 0 Å². The number of hydrogen-bond donors (Lipinski definition) is 0. The summed E-state index contributed by atoms with van der Waals surface area (Å²) in [6, 6.07) is 8.43. The molecule has 0 fully saturated rings. The van der Waals surface area contributed by atoms with Gasteiger partial charge in [-0.05, 0) is 42.5 Å². The highest BCUT2D eigenvalue weighted by molar-refractivity contribution is 5.98. The molecule has 5 rings (SSSR count). The van der Waals surface area contributed by atoms with Crippen molar-refractivity contribution < 1.29 is 18.3 Å². The number of ether oxygens (including phenoxy) is 1. The maximum atomic E-state index is 14.0. The number of rotatable bonds is 5. The van der Waals surface area contributed by atoms with Gasteiger partial charge in [-0.2, -0.15) is 20.1 Å². The van der Waals surface area contributed by atoms with Gasteiger partial charge in [-0.3, -0.25) is 19.4 Å². The second-order valence-electron chi connectivity index (χ2n) is 7.18. The smallest absolute Gasteiger partial charge is 0.259 e. The highest BCUT2D eigenvalue weighted by Crippen LogP contribution is 2.22. The van der Waals surface area contributed by atoms with Crippen molar-refractivity contribution in [1.29, 1.82) is 0 Å². The van der Waals surface area contributed by atoms with E-state index < -0.39 is 23.8 Å². The van der Waals surface area contributed by atoms with Crippen LogP contribution in [-0.4, -0.2) is 53.3 Å². The van der Waals surface area contributed by atoms with Crippen LogP contribution in [0.15, 0.2) is 73.5 Å². The molecule has 0 aliphatic carbocycles. The minimum atomic E-state index is -0.696. The van der Waals surface area contributed by atoms with Crippen molar-refractivity contribution in [3.05, 3.63) is 90.7 Å². The summed E-state index contributed by atoms with van der Waals surface area (Å²) in [7, 11) is 0. The topological polar surface area (TPSA) is 91.0 Å². The number of hydrogen-bond acceptors (Lipinski definition) is 6. The Kier molecular flexibility index (Phi) is 5.35. The fraction of sp³-hybridized carbons (Fsp3) is 0.136. The van der Waals surface area contributed by atoms with Gasteiger partial charge in [-0.15, -0.1) is 0 Å². The summed E-state index contributed by atoms with van der Waals surface area (Å²) in [6.07, 6.45) is 8.29. The van der Waals surface area contributed by atoms with Crippen molar-refractivity contribution in [2.45, 2.75) is 12.8 Å². The Balaban J connectivity index is 1.40. The van der Waals surface area contributed by atoms with E-state index in [-0.39, 0.29) is 18.7 Å². The number of aromatic nitrogens is 6. The molecule has 1 aliphatic rings. The molecule has 11 heteroatoms. The second-order valence-corrected chi connectivity index (χ2v) is 7.18. The van der Waals surface area contributed by atoms with Crippen LogP contribution in [0.2, 0.25) is 0 Å². The van der Waals surface area contributed by atoms with Crippen LogP contribution in [0.4, 0.5) is 8.78 Å². The number of benzene rings is 1. The Bertz CT molecular complexity index is 1300. The lowest BCUT2D eigenvalue weighted by Gasteiger charge is -2.33. The highest BCUT2D eigenvalue weighted by atomic mass is 19.1. The van der Waals surface area contributed by atoms with Crippen LogP contribution in [0.3, 0.4) is 0 Å². The van der Waals surface area contributed by atoms with Crippen LogP contribution in [-0.2, 0) is 11.3 Å². The summed E-state index contributed by atoms with van der Waals surface area (Å²) in [4.78, 5) is 20.2. The lowest BCUT2D eigenvalue weighted by molar-refractivity contribution is -0.0175. The minimum absolute atomic E-state index is 0.103. The average molecular weight is 449 g/mol. The van der Waals surface area contributed by atoms with Crippen LogP contribution >= 0.6 is 0 Å². The maximum absolute atomic E-state index is 14.0. The van der Waals surface area contributed by atoms with Crippen molar-refractivity contribution in [3.8, 4) is 17.1 Å². The van der Waals surface area contributed by atoms with E-state index >= 15 is 0 Å². The molecule has 0 spiro atoms. The predicted octanol–water partition coefficient (Wildman–Crippen LogP) is 2.82. The highest BCUT2D eigenvalue weighted by Gasteiger charge is 2.30. The molecule has 33 heavy (non-hydrogen) atoms. The first-order chi connectivity index (χ1) is 16.1. The fourth-order valence-corrected chi connectivity index (χ4v) is 3.49. The lowest BCUT2D eigenvalue weighted by atomic mass is 10.1. The molecule has 4 heterocycles. The number of amides is 1. The summed E-state index contributed by atoms with van der Waals surface area (Å²) in [6.45, 7) is 0.474. The Hall–Kier alpha value is -4.41. The van der Waals surface area contributed by atoms with Crippen LogP contribution in [0, 0.1) is 11.6 Å². The van der Waals surface area contributed by atoms with Crippen molar-refractivity contribution >= 4 is 5.91 Å². The first-order valence-electron chi connectivity index (χ1n) is 10.0. The Morgan fingerprint density at radius 1 is 1.06 bits per heavy atom. The monoisotopic (exact) mass is 449 g/mol. The molecule has 9 nitrogen and oxygen atoms in total. The third-order valence-corrected chi connectivity index (χ3v) is 5.04. The predicted molar refractivity (Wildman–Crippen MR) is 112 cm³/mol. The van der Waals surface area contributed by atoms with E-state index in [1.165, 1.54) is 52.6 Å². The summed E-state index contributed by atoms with van der Waals surface area (Å²) in [5.41, 5.74) is 1.52. The zero-order valence-electron chi connectivity index (χ0n) is 17.1. The van der Waals surface area contributed by atoms with Gasteiger partial charge in [0.2, 0.25) is 0 Å². The molecule has 0 saturated heterocycles. The zero-order valence-corrected chi connectivity index (χ0v) is 17.1. The number of carbonyl (C=O) groups excluding carboxylic acids is 1. The zero-order chi connectivity index (χ0) is 22.8. The fourth-order valence-electron chi connectivity index (χ4n) is 3.49. The van der Waals surface area contributed by atoms with Gasteiger partial charge in [0, 0.05) is 12.7 Å². The van der Waals surface area contributed by atoms with Gasteiger partial charge in [-0.1, -0.05) is 0 Å². The first-order valence-corrected chi connectivity index (χ1v) is 10.0. The molecular weight excluding hydrogens is 432 g/mol. The average Bonchev–Trinajstić information content (AvgIpc) is 3.52. The van der Waals surface area contributed by atoms with Gasteiger partial charge in [0.25, 0.3) is 5.91 Å². The molecule has 1 aromatic carbocycles. The molecule has 4 aromatic rings. The van der Waals surface area contributed by atoms with E-state index in [0.29, 0.717) is 17.1 Å². The standard InChI is InChI=1S/C22H17F2N7O2/c23-15-3-5-20(31-26-7-8-27-31)17(12-15)22(32)30-9-1-11-33-21(30)14-29-10-6-19(28-29)18-4-2-16(24)13-25-18/h1-8,10-13,21H,9,14H2. The number of halogens is 2. The molecule has 3 aromatic heterocycles. The molecule has 166 valence electrons. The minimum Gasteiger partial charge on any atom is -0.476 e. The second kappa shape index (κ2) is 8.61. The third-order valence-electron chi connectivity index (χ3n) is 5.04. The van der Waals surface area contributed by atoms with Crippen LogP contribution in [0.5, 0.6) is 0 Å². The van der Waals surface area contributed by atoms with Crippen LogP contribution in [0.1, 0.15) is 10.4 Å². The van der Waals surface area contributed by atoms with Crippen LogP contribution in [0.25, 0.3) is 17.1 Å². The van der Waals surface area contributed by atoms with E-state index in [1.807, 2.05) is 0 Å². The van der Waals surface area contributed by atoms with E-state index in [4.69, 9.17) is 4.74 Å². The molecule has 0 radical (unpaired) electrons. The first kappa shape index (κ1) is 20.5. The van der Waals surface area contributed by atoms with Crippen molar-refractivity contribution in [3.63, 3.8) is 0 Å². The maximum Gasteiger partial charge on any atom is 0.259 e. The Labute approximate surface area is 186 Å². The largest absolute Gasteiger partial charge is 0.476 e. The quantitative estimate of drug-likeness (QED) is 0.465. The van der Waals surface area contributed by atoms with Gasteiger partial charge in [0.1, 0.15) is 17.3 Å². The summed E-state index contributed by atoms with van der Waals surface area (Å²) in [5, 5.41) is 12.6.